The van der Waals surface area contributed by atoms with Crippen LogP contribution in [0.5, 0.6) is 0 Å². The second-order valence-corrected chi connectivity index (χ2v) is 7.13. The zero-order valence-electron chi connectivity index (χ0n) is 14.2. The Morgan fingerprint density at radius 2 is 1.79 bits per heavy atom. The van der Waals surface area contributed by atoms with E-state index in [1.165, 1.54) is 0 Å². The average Bonchev–Trinajstić information content (AvgIpc) is 2.96. The van der Waals surface area contributed by atoms with E-state index in [2.05, 4.69) is 17.4 Å². The molecular weight excluding hydrogens is 322 g/mol. The Hall–Kier alpha value is -1.92. The SMILES string of the molecule is CNCCC(=O)N1CCN(C(=O)c2sc3ccccc3c2C)CC1. The van der Waals surface area contributed by atoms with E-state index in [9.17, 15) is 9.59 Å². The van der Waals surface area contributed by atoms with E-state index in [1.807, 2.05) is 35.9 Å². The van der Waals surface area contributed by atoms with Crippen LogP contribution in [-0.4, -0.2) is 61.4 Å². The van der Waals surface area contributed by atoms with E-state index >= 15 is 0 Å². The molecule has 1 aliphatic rings. The zero-order chi connectivity index (χ0) is 17.1. The molecule has 0 atom stereocenters. The summed E-state index contributed by atoms with van der Waals surface area (Å²) in [6.07, 6.45) is 0.514. The normalized spacial score (nSPS) is 15.1. The molecule has 0 saturated carbocycles. The zero-order valence-corrected chi connectivity index (χ0v) is 15.0. The summed E-state index contributed by atoms with van der Waals surface area (Å²) in [6, 6.07) is 8.13. The van der Waals surface area contributed by atoms with Gasteiger partial charge < -0.3 is 15.1 Å². The minimum atomic E-state index is 0.0935. The summed E-state index contributed by atoms with van der Waals surface area (Å²) in [5.41, 5.74) is 1.06. The first kappa shape index (κ1) is 16.9. The number of carbonyl (C=O) groups is 2. The van der Waals surface area contributed by atoms with Gasteiger partial charge in [-0.05, 0) is 31.0 Å². The average molecular weight is 345 g/mol. The molecule has 6 heteroatoms. The standard InChI is InChI=1S/C18H23N3O2S/c1-13-14-5-3-4-6-15(14)24-17(13)18(23)21-11-9-20(10-12-21)16(22)7-8-19-2/h3-6,19H,7-12H2,1-2H3. The summed E-state index contributed by atoms with van der Waals surface area (Å²) >= 11 is 1.56. The number of piperazine rings is 1. The molecule has 0 spiro atoms. The van der Waals surface area contributed by atoms with Gasteiger partial charge in [-0.15, -0.1) is 11.3 Å². The van der Waals surface area contributed by atoms with E-state index in [0.29, 0.717) is 39.1 Å². The van der Waals surface area contributed by atoms with E-state index in [1.54, 1.807) is 11.3 Å². The molecule has 0 bridgehead atoms. The molecule has 1 saturated heterocycles. The first-order chi connectivity index (χ1) is 11.6. The van der Waals surface area contributed by atoms with Gasteiger partial charge in [-0.2, -0.15) is 0 Å². The molecule has 1 N–H and O–H groups in total. The molecule has 1 aromatic carbocycles. The largest absolute Gasteiger partial charge is 0.339 e. The third kappa shape index (κ3) is 3.30. The van der Waals surface area contributed by atoms with Crippen molar-refractivity contribution in [3.8, 4) is 0 Å². The number of rotatable bonds is 4. The Morgan fingerprint density at radius 3 is 2.46 bits per heavy atom. The summed E-state index contributed by atoms with van der Waals surface area (Å²) in [4.78, 5) is 29.5. The molecule has 0 radical (unpaired) electrons. The van der Waals surface area contributed by atoms with Crippen molar-refractivity contribution in [3.63, 3.8) is 0 Å². The number of hydrogen-bond donors (Lipinski definition) is 1. The fourth-order valence-electron chi connectivity index (χ4n) is 3.07. The first-order valence-corrected chi connectivity index (χ1v) is 9.13. The lowest BCUT2D eigenvalue weighted by molar-refractivity contribution is -0.132. The van der Waals surface area contributed by atoms with Crippen molar-refractivity contribution in [2.75, 3.05) is 39.8 Å². The molecule has 1 fully saturated rings. The minimum Gasteiger partial charge on any atom is -0.339 e. The Bertz CT molecular complexity index is 748. The van der Waals surface area contributed by atoms with Crippen molar-refractivity contribution < 1.29 is 9.59 Å². The Morgan fingerprint density at radius 1 is 1.12 bits per heavy atom. The van der Waals surface area contributed by atoms with Crippen LogP contribution < -0.4 is 5.32 Å². The molecule has 24 heavy (non-hydrogen) atoms. The Kier molecular flexibility index (Phi) is 5.16. The van der Waals surface area contributed by atoms with E-state index < -0.39 is 0 Å². The summed E-state index contributed by atoms with van der Waals surface area (Å²) in [6.45, 7) is 5.18. The maximum Gasteiger partial charge on any atom is 0.264 e. The van der Waals surface area contributed by atoms with Gasteiger partial charge in [0.1, 0.15) is 0 Å². The van der Waals surface area contributed by atoms with Crippen LogP contribution in [0, 0.1) is 6.92 Å². The number of nitrogens with zero attached hydrogens (tertiary/aromatic N) is 2. The molecule has 2 amide bonds. The third-order valence-corrected chi connectivity index (χ3v) is 5.81. The van der Waals surface area contributed by atoms with Gasteiger partial charge in [0.25, 0.3) is 5.91 Å². The van der Waals surface area contributed by atoms with Crippen LogP contribution in [0.3, 0.4) is 0 Å². The maximum atomic E-state index is 12.9. The van der Waals surface area contributed by atoms with Crippen LogP contribution in [0.4, 0.5) is 0 Å². The number of nitrogens with one attached hydrogen (secondary N) is 1. The van der Waals surface area contributed by atoms with Gasteiger partial charge in [0.15, 0.2) is 0 Å². The number of amides is 2. The van der Waals surface area contributed by atoms with Gasteiger partial charge in [0.05, 0.1) is 4.88 Å². The van der Waals surface area contributed by atoms with Gasteiger partial charge in [0.2, 0.25) is 5.91 Å². The fraction of sp³-hybridized carbons (Fsp3) is 0.444. The monoisotopic (exact) mass is 345 g/mol. The first-order valence-electron chi connectivity index (χ1n) is 8.31. The molecule has 5 nitrogen and oxygen atoms in total. The Labute approximate surface area is 146 Å². The van der Waals surface area contributed by atoms with Crippen LogP contribution in [0.25, 0.3) is 10.1 Å². The van der Waals surface area contributed by atoms with E-state index in [-0.39, 0.29) is 11.8 Å². The second kappa shape index (κ2) is 7.32. The van der Waals surface area contributed by atoms with Crippen molar-refractivity contribution in [3.05, 3.63) is 34.7 Å². The van der Waals surface area contributed by atoms with E-state index in [4.69, 9.17) is 0 Å². The van der Waals surface area contributed by atoms with Gasteiger partial charge >= 0.3 is 0 Å². The van der Waals surface area contributed by atoms with Crippen molar-refractivity contribution >= 4 is 33.2 Å². The lowest BCUT2D eigenvalue weighted by Gasteiger charge is -2.34. The van der Waals surface area contributed by atoms with Crippen molar-refractivity contribution in [1.82, 2.24) is 15.1 Å². The van der Waals surface area contributed by atoms with Crippen LogP contribution in [-0.2, 0) is 4.79 Å². The number of aryl methyl sites for hydroxylation is 1. The maximum absolute atomic E-state index is 12.9. The van der Waals surface area contributed by atoms with Crippen LogP contribution in [0.15, 0.2) is 24.3 Å². The predicted octanol–water partition coefficient (Wildman–Crippen LogP) is 2.10. The molecule has 2 aromatic rings. The van der Waals surface area contributed by atoms with E-state index in [0.717, 1.165) is 20.5 Å². The fourth-order valence-corrected chi connectivity index (χ4v) is 4.25. The summed E-state index contributed by atoms with van der Waals surface area (Å²) in [5, 5.41) is 4.15. The Balaban J connectivity index is 1.66. The topological polar surface area (TPSA) is 52.7 Å². The number of carbonyl (C=O) groups excluding carboxylic acids is 2. The molecule has 3 rings (SSSR count). The van der Waals surface area contributed by atoms with Crippen LogP contribution in [0.2, 0.25) is 0 Å². The molecule has 0 unspecified atom stereocenters. The smallest absolute Gasteiger partial charge is 0.264 e. The lowest BCUT2D eigenvalue weighted by atomic mass is 10.1. The van der Waals surface area contributed by atoms with Crippen LogP contribution in [0.1, 0.15) is 21.7 Å². The van der Waals surface area contributed by atoms with Crippen molar-refractivity contribution in [2.24, 2.45) is 0 Å². The number of benzene rings is 1. The van der Waals surface area contributed by atoms with Gasteiger partial charge in [-0.1, -0.05) is 18.2 Å². The third-order valence-electron chi connectivity index (χ3n) is 4.55. The van der Waals surface area contributed by atoms with Crippen molar-refractivity contribution in [2.45, 2.75) is 13.3 Å². The highest BCUT2D eigenvalue weighted by molar-refractivity contribution is 7.21. The summed E-state index contributed by atoms with van der Waals surface area (Å²) in [5.74, 6) is 0.255. The molecule has 0 aliphatic carbocycles. The highest BCUT2D eigenvalue weighted by Crippen LogP contribution is 2.31. The van der Waals surface area contributed by atoms with Gasteiger partial charge in [0, 0.05) is 43.8 Å². The number of fused-ring (bicyclic) bond motifs is 1. The predicted molar refractivity (Wildman–Crippen MR) is 97.6 cm³/mol. The number of thiophene rings is 1. The quantitative estimate of drug-likeness (QED) is 0.923. The summed E-state index contributed by atoms with van der Waals surface area (Å²) < 4.78 is 1.15. The molecule has 1 aromatic heterocycles. The molecular formula is C18H23N3O2S. The van der Waals surface area contributed by atoms with Gasteiger partial charge in [-0.25, -0.2) is 0 Å². The number of hydrogen-bond acceptors (Lipinski definition) is 4. The second-order valence-electron chi connectivity index (χ2n) is 6.08. The molecule has 1 aliphatic heterocycles. The highest BCUT2D eigenvalue weighted by Gasteiger charge is 2.26. The molecule has 2 heterocycles. The van der Waals surface area contributed by atoms with Gasteiger partial charge in [-0.3, -0.25) is 9.59 Å². The minimum absolute atomic E-state index is 0.0935. The summed E-state index contributed by atoms with van der Waals surface area (Å²) in [7, 11) is 1.84. The van der Waals surface area contributed by atoms with Crippen molar-refractivity contribution in [1.29, 1.82) is 0 Å². The highest BCUT2D eigenvalue weighted by atomic mass is 32.1. The van der Waals surface area contributed by atoms with Crippen LogP contribution >= 0.6 is 11.3 Å². The lowest BCUT2D eigenvalue weighted by Crippen LogP contribution is -2.50. The molecule has 128 valence electrons.